The lowest BCUT2D eigenvalue weighted by Crippen LogP contribution is -2.46. The first-order chi connectivity index (χ1) is 9.15. The van der Waals surface area contributed by atoms with E-state index in [-0.39, 0.29) is 6.17 Å². The van der Waals surface area contributed by atoms with Crippen LogP contribution in [0.3, 0.4) is 0 Å². The normalized spacial score (nSPS) is 13.1. The van der Waals surface area contributed by atoms with Crippen LogP contribution < -0.4 is 14.5 Å². The monoisotopic (exact) mass is 299 g/mol. The molecule has 1 atom stereocenters. The van der Waals surface area contributed by atoms with Crippen LogP contribution in [0.15, 0.2) is 18.2 Å². The van der Waals surface area contributed by atoms with Crippen molar-refractivity contribution in [2.75, 3.05) is 36.7 Å². The van der Waals surface area contributed by atoms with E-state index < -0.39 is 10.0 Å². The molecule has 0 aromatic heterocycles. The summed E-state index contributed by atoms with van der Waals surface area (Å²) in [6, 6.07) is 6.16. The molecule has 20 heavy (non-hydrogen) atoms. The van der Waals surface area contributed by atoms with E-state index in [1.807, 2.05) is 38.9 Å². The summed E-state index contributed by atoms with van der Waals surface area (Å²) >= 11 is 0. The zero-order valence-electron chi connectivity index (χ0n) is 13.1. The van der Waals surface area contributed by atoms with E-state index in [1.165, 1.54) is 6.26 Å². The van der Waals surface area contributed by atoms with E-state index in [0.717, 1.165) is 23.5 Å². The second kappa shape index (κ2) is 6.45. The molecule has 0 aliphatic heterocycles. The molecule has 0 heterocycles. The van der Waals surface area contributed by atoms with Gasteiger partial charge in [-0.3, -0.25) is 0 Å². The van der Waals surface area contributed by atoms with Crippen molar-refractivity contribution >= 4 is 21.4 Å². The van der Waals surface area contributed by atoms with Crippen LogP contribution in [0, 0.1) is 6.92 Å². The van der Waals surface area contributed by atoms with Gasteiger partial charge in [-0.05, 0) is 44.5 Å². The second-order valence-corrected chi connectivity index (χ2v) is 7.00. The molecule has 0 fully saturated rings. The number of benzene rings is 1. The summed E-state index contributed by atoms with van der Waals surface area (Å²) in [5.41, 5.74) is 3.34. The average Bonchev–Trinajstić information content (AvgIpc) is 2.26. The van der Waals surface area contributed by atoms with Crippen LogP contribution in [0.5, 0.6) is 0 Å². The van der Waals surface area contributed by atoms with Crippen molar-refractivity contribution in [3.63, 3.8) is 0 Å². The van der Waals surface area contributed by atoms with Crippen molar-refractivity contribution in [2.24, 2.45) is 0 Å². The molecule has 0 saturated heterocycles. The second-order valence-electron chi connectivity index (χ2n) is 5.22. The molecular formula is C14H25N3O2S. The van der Waals surface area contributed by atoms with Gasteiger partial charge >= 0.3 is 0 Å². The number of nitrogens with zero attached hydrogens (tertiary/aromatic N) is 2. The van der Waals surface area contributed by atoms with Gasteiger partial charge in [-0.15, -0.1) is 0 Å². The lowest BCUT2D eigenvalue weighted by molar-refractivity contribution is 0.555. The zero-order chi connectivity index (χ0) is 15.5. The van der Waals surface area contributed by atoms with Crippen molar-refractivity contribution in [3.8, 4) is 0 Å². The first-order valence-corrected chi connectivity index (χ1v) is 8.56. The summed E-state index contributed by atoms with van der Waals surface area (Å²) in [6.45, 7) is 6.64. The molecule has 6 heteroatoms. The zero-order valence-corrected chi connectivity index (χ0v) is 14.0. The maximum Gasteiger partial charge on any atom is 0.210 e. The summed E-state index contributed by atoms with van der Waals surface area (Å²) < 4.78 is 25.3. The Balaban J connectivity index is 3.04. The fourth-order valence-electron chi connectivity index (χ4n) is 2.37. The Labute approximate surface area is 122 Å². The highest BCUT2D eigenvalue weighted by molar-refractivity contribution is 7.88. The number of nitrogens with one attached hydrogen (secondary N) is 1. The average molecular weight is 299 g/mol. The Morgan fingerprint density at radius 3 is 2.30 bits per heavy atom. The largest absolute Gasteiger partial charge is 0.377 e. The van der Waals surface area contributed by atoms with Crippen LogP contribution in [0.1, 0.15) is 19.4 Å². The van der Waals surface area contributed by atoms with Gasteiger partial charge in [0.2, 0.25) is 10.0 Å². The molecule has 1 aromatic rings. The Morgan fingerprint density at radius 2 is 1.90 bits per heavy atom. The van der Waals surface area contributed by atoms with E-state index in [9.17, 15) is 8.42 Å². The fraction of sp³-hybridized carbons (Fsp3) is 0.571. The van der Waals surface area contributed by atoms with Gasteiger partial charge in [0.25, 0.3) is 0 Å². The Morgan fingerprint density at radius 1 is 1.30 bits per heavy atom. The third-order valence-electron chi connectivity index (χ3n) is 3.19. The van der Waals surface area contributed by atoms with Crippen molar-refractivity contribution in [2.45, 2.75) is 26.9 Å². The molecule has 114 valence electrons. The van der Waals surface area contributed by atoms with Gasteiger partial charge in [-0.25, -0.2) is 8.42 Å². The predicted octanol–water partition coefficient (Wildman–Crippen LogP) is 1.78. The minimum absolute atomic E-state index is 0.278. The minimum Gasteiger partial charge on any atom is -0.377 e. The van der Waals surface area contributed by atoms with E-state index >= 15 is 0 Å². The highest BCUT2D eigenvalue weighted by Gasteiger charge is 2.17. The molecule has 0 spiro atoms. The van der Waals surface area contributed by atoms with Crippen LogP contribution >= 0.6 is 0 Å². The molecule has 0 amide bonds. The quantitative estimate of drug-likeness (QED) is 0.814. The minimum atomic E-state index is -3.22. The smallest absolute Gasteiger partial charge is 0.210 e. The highest BCUT2D eigenvalue weighted by Crippen LogP contribution is 2.25. The van der Waals surface area contributed by atoms with Crippen LogP contribution in [0.25, 0.3) is 0 Å². The van der Waals surface area contributed by atoms with Gasteiger partial charge in [-0.2, -0.15) is 4.72 Å². The number of rotatable bonds is 6. The van der Waals surface area contributed by atoms with Gasteiger partial charge in [0.1, 0.15) is 0 Å². The van der Waals surface area contributed by atoms with Crippen molar-refractivity contribution in [1.29, 1.82) is 0 Å². The molecule has 1 N–H and O–H groups in total. The number of hydrogen-bond acceptors (Lipinski definition) is 4. The standard InChI is InChI=1S/C14H25N3O2S/c1-7-17(12(3)15-20(6,18)19)13-8-9-14(16(4)5)11(2)10-13/h8-10,12,15H,7H2,1-6H3. The van der Waals surface area contributed by atoms with Gasteiger partial charge in [-0.1, -0.05) is 0 Å². The van der Waals surface area contributed by atoms with Crippen molar-refractivity contribution in [1.82, 2.24) is 4.72 Å². The third kappa shape index (κ3) is 4.38. The summed E-state index contributed by atoms with van der Waals surface area (Å²) in [5.74, 6) is 0. The number of anilines is 2. The highest BCUT2D eigenvalue weighted by atomic mass is 32.2. The molecule has 1 rings (SSSR count). The lowest BCUT2D eigenvalue weighted by Gasteiger charge is -2.31. The number of aryl methyl sites for hydroxylation is 1. The van der Waals surface area contributed by atoms with Crippen molar-refractivity contribution < 1.29 is 8.42 Å². The molecule has 0 aliphatic rings. The van der Waals surface area contributed by atoms with Crippen LogP contribution in [0.2, 0.25) is 0 Å². The number of sulfonamides is 1. The first kappa shape index (κ1) is 16.8. The topological polar surface area (TPSA) is 52.6 Å². The summed E-state index contributed by atoms with van der Waals surface area (Å²) in [7, 11) is 0.797. The Bertz CT molecular complexity index is 556. The molecule has 0 aliphatic carbocycles. The summed E-state index contributed by atoms with van der Waals surface area (Å²) in [4.78, 5) is 4.08. The third-order valence-corrected chi connectivity index (χ3v) is 3.96. The van der Waals surface area contributed by atoms with E-state index in [4.69, 9.17) is 0 Å². The van der Waals surface area contributed by atoms with E-state index in [1.54, 1.807) is 0 Å². The predicted molar refractivity (Wildman–Crippen MR) is 86.0 cm³/mol. The van der Waals surface area contributed by atoms with E-state index in [2.05, 4.69) is 28.7 Å². The van der Waals surface area contributed by atoms with Crippen LogP contribution in [-0.2, 0) is 10.0 Å². The van der Waals surface area contributed by atoms with E-state index in [0.29, 0.717) is 0 Å². The molecule has 0 bridgehead atoms. The van der Waals surface area contributed by atoms with Crippen LogP contribution in [-0.4, -0.2) is 41.5 Å². The first-order valence-electron chi connectivity index (χ1n) is 6.67. The van der Waals surface area contributed by atoms with Gasteiger partial charge in [0, 0.05) is 32.0 Å². The van der Waals surface area contributed by atoms with Gasteiger partial charge in [0.15, 0.2) is 0 Å². The number of hydrogen-bond donors (Lipinski definition) is 1. The fourth-order valence-corrected chi connectivity index (χ4v) is 3.12. The molecule has 0 saturated carbocycles. The Hall–Kier alpha value is -1.27. The van der Waals surface area contributed by atoms with Crippen LogP contribution in [0.4, 0.5) is 11.4 Å². The molecule has 5 nitrogen and oxygen atoms in total. The molecular weight excluding hydrogens is 274 g/mol. The SMILES string of the molecule is CCN(c1ccc(N(C)C)c(C)c1)C(C)NS(C)(=O)=O. The van der Waals surface area contributed by atoms with Crippen molar-refractivity contribution in [3.05, 3.63) is 23.8 Å². The summed E-state index contributed by atoms with van der Waals surface area (Å²) in [5, 5.41) is 0. The Kier molecular flexibility index (Phi) is 5.42. The van der Waals surface area contributed by atoms with Gasteiger partial charge in [0.05, 0.1) is 12.4 Å². The maximum absolute atomic E-state index is 11.4. The lowest BCUT2D eigenvalue weighted by atomic mass is 10.1. The molecule has 1 aromatic carbocycles. The van der Waals surface area contributed by atoms with Gasteiger partial charge < -0.3 is 9.80 Å². The summed E-state index contributed by atoms with van der Waals surface area (Å²) in [6.07, 6.45) is 0.900. The molecule has 1 unspecified atom stereocenters. The molecule has 0 radical (unpaired) electrons. The maximum atomic E-state index is 11.4.